The van der Waals surface area contributed by atoms with E-state index in [0.29, 0.717) is 5.75 Å². The fourth-order valence-electron chi connectivity index (χ4n) is 1.64. The highest BCUT2D eigenvalue weighted by Crippen LogP contribution is 2.16. The van der Waals surface area contributed by atoms with Crippen molar-refractivity contribution in [2.45, 2.75) is 5.75 Å². The summed E-state index contributed by atoms with van der Waals surface area (Å²) in [6.45, 7) is 0. The molecule has 0 radical (unpaired) electrons. The molecule has 0 aromatic heterocycles. The second kappa shape index (κ2) is 8.64. The first-order valence-electron chi connectivity index (χ1n) is 6.43. The molecule has 0 heterocycles. The summed E-state index contributed by atoms with van der Waals surface area (Å²) in [5.74, 6) is 1.09. The fraction of sp³-hybridized carbons (Fsp3) is 0.125. The maximum Gasteiger partial charge on any atom is 0.250 e. The highest BCUT2D eigenvalue weighted by atomic mass is 79.9. The van der Waals surface area contributed by atoms with Gasteiger partial charge in [0.1, 0.15) is 0 Å². The minimum atomic E-state index is -0.0952. The Morgan fingerprint density at radius 2 is 2.00 bits per heavy atom. The SMILES string of the molecule is O=C(CSCc1cccc(Br)c1)NN=Cc1ccccc1. The number of carbonyl (C=O) groups is 1. The lowest BCUT2D eigenvalue weighted by Gasteiger charge is -2.02. The van der Waals surface area contributed by atoms with Crippen LogP contribution in [0.5, 0.6) is 0 Å². The number of amides is 1. The largest absolute Gasteiger partial charge is 0.272 e. The molecule has 0 unspecified atom stereocenters. The summed E-state index contributed by atoms with van der Waals surface area (Å²) in [4.78, 5) is 11.6. The summed E-state index contributed by atoms with van der Waals surface area (Å²) < 4.78 is 1.05. The first-order valence-corrected chi connectivity index (χ1v) is 8.38. The maximum atomic E-state index is 11.6. The Morgan fingerprint density at radius 3 is 2.76 bits per heavy atom. The number of carbonyl (C=O) groups excluding carboxylic acids is 1. The van der Waals surface area contributed by atoms with Crippen molar-refractivity contribution < 1.29 is 4.79 Å². The van der Waals surface area contributed by atoms with Gasteiger partial charge in [-0.15, -0.1) is 11.8 Å². The van der Waals surface area contributed by atoms with Crippen LogP contribution in [-0.4, -0.2) is 17.9 Å². The summed E-state index contributed by atoms with van der Waals surface area (Å²) in [5, 5.41) is 3.94. The Labute approximate surface area is 137 Å². The van der Waals surface area contributed by atoms with Crippen LogP contribution in [0.1, 0.15) is 11.1 Å². The van der Waals surface area contributed by atoms with E-state index < -0.39 is 0 Å². The van der Waals surface area contributed by atoms with E-state index >= 15 is 0 Å². The molecular formula is C16H15BrN2OS. The summed E-state index contributed by atoms with van der Waals surface area (Å²) >= 11 is 4.99. The average Bonchev–Trinajstić information content (AvgIpc) is 2.48. The van der Waals surface area contributed by atoms with Crippen LogP contribution in [0.15, 0.2) is 64.2 Å². The Balaban J connectivity index is 1.69. The van der Waals surface area contributed by atoms with Crippen molar-refractivity contribution in [1.82, 2.24) is 5.43 Å². The number of nitrogens with zero attached hydrogens (tertiary/aromatic N) is 1. The summed E-state index contributed by atoms with van der Waals surface area (Å²) in [6, 6.07) is 17.7. The van der Waals surface area contributed by atoms with Crippen molar-refractivity contribution in [1.29, 1.82) is 0 Å². The lowest BCUT2D eigenvalue weighted by molar-refractivity contribution is -0.118. The number of rotatable bonds is 6. The molecule has 21 heavy (non-hydrogen) atoms. The van der Waals surface area contributed by atoms with Crippen molar-refractivity contribution >= 4 is 39.8 Å². The third-order valence-corrected chi connectivity index (χ3v) is 4.09. The molecule has 0 atom stereocenters. The van der Waals surface area contributed by atoms with Gasteiger partial charge in [0.15, 0.2) is 0 Å². The number of halogens is 1. The normalized spacial score (nSPS) is 10.7. The smallest absolute Gasteiger partial charge is 0.250 e. The number of hydrogen-bond donors (Lipinski definition) is 1. The Hall–Kier alpha value is -1.59. The quantitative estimate of drug-likeness (QED) is 0.626. The van der Waals surface area contributed by atoms with Crippen molar-refractivity contribution in [2.75, 3.05) is 5.75 Å². The highest BCUT2D eigenvalue weighted by molar-refractivity contribution is 9.10. The molecule has 0 aliphatic carbocycles. The van der Waals surface area contributed by atoms with Crippen LogP contribution < -0.4 is 5.43 Å². The molecule has 2 aromatic carbocycles. The van der Waals surface area contributed by atoms with Gasteiger partial charge in [0.2, 0.25) is 5.91 Å². The fourth-order valence-corrected chi connectivity index (χ4v) is 2.85. The molecule has 0 aliphatic rings. The molecule has 2 rings (SSSR count). The van der Waals surface area contributed by atoms with Gasteiger partial charge in [0, 0.05) is 10.2 Å². The van der Waals surface area contributed by atoms with Crippen molar-refractivity contribution in [3.63, 3.8) is 0 Å². The van der Waals surface area contributed by atoms with E-state index in [0.717, 1.165) is 15.8 Å². The molecule has 0 saturated carbocycles. The van der Waals surface area contributed by atoms with Crippen LogP contribution in [0, 0.1) is 0 Å². The van der Waals surface area contributed by atoms with Gasteiger partial charge in [-0.05, 0) is 23.3 Å². The number of hydrogen-bond acceptors (Lipinski definition) is 3. The van der Waals surface area contributed by atoms with E-state index in [9.17, 15) is 4.79 Å². The number of nitrogens with one attached hydrogen (secondary N) is 1. The van der Waals surface area contributed by atoms with Gasteiger partial charge in [0.05, 0.1) is 12.0 Å². The summed E-state index contributed by atoms with van der Waals surface area (Å²) in [5.41, 5.74) is 4.68. The zero-order chi connectivity index (χ0) is 14.9. The molecule has 1 N–H and O–H groups in total. The van der Waals surface area contributed by atoms with Crippen LogP contribution in [0.2, 0.25) is 0 Å². The maximum absolute atomic E-state index is 11.6. The van der Waals surface area contributed by atoms with Gasteiger partial charge in [-0.2, -0.15) is 5.10 Å². The molecule has 0 bridgehead atoms. The first kappa shape index (κ1) is 15.8. The van der Waals surface area contributed by atoms with Crippen LogP contribution in [0.25, 0.3) is 0 Å². The van der Waals surface area contributed by atoms with Crippen molar-refractivity contribution in [3.05, 3.63) is 70.2 Å². The predicted molar refractivity (Wildman–Crippen MR) is 92.5 cm³/mol. The predicted octanol–water partition coefficient (Wildman–Crippen LogP) is 3.83. The van der Waals surface area contributed by atoms with Gasteiger partial charge in [-0.1, -0.05) is 58.4 Å². The third kappa shape index (κ3) is 6.14. The topological polar surface area (TPSA) is 41.5 Å². The van der Waals surface area contributed by atoms with E-state index in [-0.39, 0.29) is 5.91 Å². The molecule has 0 spiro atoms. The Bertz CT molecular complexity index is 617. The Morgan fingerprint density at radius 1 is 1.19 bits per heavy atom. The molecule has 2 aromatic rings. The highest BCUT2D eigenvalue weighted by Gasteiger charge is 2.01. The van der Waals surface area contributed by atoms with Crippen molar-refractivity contribution in [2.24, 2.45) is 5.10 Å². The van der Waals surface area contributed by atoms with Gasteiger partial charge in [-0.25, -0.2) is 5.43 Å². The van der Waals surface area contributed by atoms with Crippen LogP contribution in [-0.2, 0) is 10.5 Å². The lowest BCUT2D eigenvalue weighted by Crippen LogP contribution is -2.19. The van der Waals surface area contributed by atoms with Crippen LogP contribution in [0.3, 0.4) is 0 Å². The summed E-state index contributed by atoms with van der Waals surface area (Å²) in [6.07, 6.45) is 1.64. The molecule has 0 saturated heterocycles. The minimum Gasteiger partial charge on any atom is -0.272 e. The molecular weight excluding hydrogens is 348 g/mol. The molecule has 0 aliphatic heterocycles. The molecule has 1 amide bonds. The van der Waals surface area contributed by atoms with Gasteiger partial charge >= 0.3 is 0 Å². The van der Waals surface area contributed by atoms with Crippen LogP contribution in [0.4, 0.5) is 0 Å². The molecule has 5 heteroatoms. The molecule has 0 fully saturated rings. The third-order valence-electron chi connectivity index (χ3n) is 2.59. The standard InChI is InChI=1S/C16H15BrN2OS/c17-15-8-4-7-14(9-15)11-21-12-16(20)19-18-10-13-5-2-1-3-6-13/h1-10H,11-12H2,(H,19,20). The monoisotopic (exact) mass is 362 g/mol. The lowest BCUT2D eigenvalue weighted by atomic mass is 10.2. The van der Waals surface area contributed by atoms with Gasteiger partial charge in [0.25, 0.3) is 0 Å². The van der Waals surface area contributed by atoms with Gasteiger partial charge < -0.3 is 0 Å². The van der Waals surface area contributed by atoms with Crippen molar-refractivity contribution in [3.8, 4) is 0 Å². The zero-order valence-corrected chi connectivity index (χ0v) is 13.7. The average molecular weight is 363 g/mol. The van der Waals surface area contributed by atoms with E-state index in [1.807, 2.05) is 48.5 Å². The van der Waals surface area contributed by atoms with Gasteiger partial charge in [-0.3, -0.25) is 4.79 Å². The van der Waals surface area contributed by atoms with E-state index in [1.165, 1.54) is 5.56 Å². The van der Waals surface area contributed by atoms with Crippen LogP contribution >= 0.6 is 27.7 Å². The first-order chi connectivity index (χ1) is 10.2. The molecule has 108 valence electrons. The van der Waals surface area contributed by atoms with E-state index in [2.05, 4.69) is 32.5 Å². The van der Waals surface area contributed by atoms with E-state index in [4.69, 9.17) is 0 Å². The summed E-state index contributed by atoms with van der Waals surface area (Å²) in [7, 11) is 0. The second-order valence-corrected chi connectivity index (χ2v) is 6.23. The zero-order valence-electron chi connectivity index (χ0n) is 11.3. The number of hydrazone groups is 1. The number of thioether (sulfide) groups is 1. The Kier molecular flexibility index (Phi) is 6.50. The second-order valence-electron chi connectivity index (χ2n) is 4.33. The minimum absolute atomic E-state index is 0.0952. The number of benzene rings is 2. The van der Waals surface area contributed by atoms with E-state index in [1.54, 1.807) is 18.0 Å². The molecule has 3 nitrogen and oxygen atoms in total.